The molecule has 1 heterocycles. The van der Waals surface area contributed by atoms with Crippen molar-refractivity contribution < 1.29 is 19.4 Å². The number of carbonyl (C=O) groups is 2. The second-order valence-electron chi connectivity index (χ2n) is 4.38. The maximum Gasteiger partial charge on any atom is 0.251 e. The Morgan fingerprint density at radius 3 is 2.90 bits per heavy atom. The number of aliphatic hydroxyl groups excluding tert-OH is 1. The highest BCUT2D eigenvalue weighted by Crippen LogP contribution is 2.22. The molecular weight excluding hydrogens is 282 g/mol. The summed E-state index contributed by atoms with van der Waals surface area (Å²) in [5.41, 5.74) is 5.49. The molecule has 7 nitrogen and oxygen atoms in total. The Hall–Kier alpha value is -1.48. The predicted molar refractivity (Wildman–Crippen MR) is 76.8 cm³/mol. The third-order valence-electron chi connectivity index (χ3n) is 2.48. The van der Waals surface area contributed by atoms with Gasteiger partial charge in [0.05, 0.1) is 24.8 Å². The van der Waals surface area contributed by atoms with Crippen molar-refractivity contribution in [3.63, 3.8) is 0 Å². The number of carbonyl (C=O) groups excluding carboxylic acids is 2. The van der Waals surface area contributed by atoms with Crippen molar-refractivity contribution in [1.82, 2.24) is 4.90 Å². The van der Waals surface area contributed by atoms with Crippen LogP contribution >= 0.6 is 11.3 Å². The number of nitrogens with zero attached hydrogens (tertiary/aromatic N) is 1. The van der Waals surface area contributed by atoms with E-state index < -0.39 is 12.0 Å². The minimum Gasteiger partial charge on any atom is -0.389 e. The molecule has 0 aliphatic heterocycles. The zero-order chi connectivity index (χ0) is 15.1. The van der Waals surface area contributed by atoms with Crippen LogP contribution in [0.2, 0.25) is 0 Å². The topological polar surface area (TPSA) is 105 Å². The lowest BCUT2D eigenvalue weighted by Gasteiger charge is -2.19. The van der Waals surface area contributed by atoms with E-state index in [1.54, 1.807) is 23.4 Å². The minimum atomic E-state index is -0.652. The van der Waals surface area contributed by atoms with Gasteiger partial charge in [-0.05, 0) is 18.5 Å². The highest BCUT2D eigenvalue weighted by atomic mass is 32.1. The SMILES string of the molecule is COCC(O)CN(C)CC(=O)Nc1sccc1C(N)=O. The molecule has 0 aliphatic rings. The number of hydrogen-bond donors (Lipinski definition) is 3. The highest BCUT2D eigenvalue weighted by molar-refractivity contribution is 7.14. The standard InChI is InChI=1S/C12H19N3O4S/c1-15(5-8(16)7-19-2)6-10(17)14-12-9(11(13)18)3-4-20-12/h3-4,8,16H,5-7H2,1-2H3,(H2,13,18)(H,14,17). The number of amides is 2. The highest BCUT2D eigenvalue weighted by Gasteiger charge is 2.15. The molecule has 0 saturated heterocycles. The number of methoxy groups -OCH3 is 1. The second-order valence-corrected chi connectivity index (χ2v) is 5.30. The van der Waals surface area contributed by atoms with Gasteiger partial charge in [0.15, 0.2) is 0 Å². The van der Waals surface area contributed by atoms with E-state index in [0.717, 1.165) is 0 Å². The van der Waals surface area contributed by atoms with E-state index in [-0.39, 0.29) is 19.1 Å². The van der Waals surface area contributed by atoms with Crippen molar-refractivity contribution in [3.05, 3.63) is 17.0 Å². The first kappa shape index (κ1) is 16.6. The molecule has 1 aromatic rings. The smallest absolute Gasteiger partial charge is 0.251 e. The van der Waals surface area contributed by atoms with Gasteiger partial charge in [0.2, 0.25) is 5.91 Å². The maximum atomic E-state index is 11.8. The number of hydrogen-bond acceptors (Lipinski definition) is 6. The molecule has 2 amide bonds. The molecule has 112 valence electrons. The lowest BCUT2D eigenvalue weighted by atomic mass is 10.3. The van der Waals surface area contributed by atoms with Gasteiger partial charge in [-0.2, -0.15) is 0 Å². The molecule has 1 atom stereocenters. The molecule has 1 aromatic heterocycles. The van der Waals surface area contributed by atoms with Gasteiger partial charge in [0, 0.05) is 13.7 Å². The summed E-state index contributed by atoms with van der Waals surface area (Å²) in [6, 6.07) is 1.56. The maximum absolute atomic E-state index is 11.8. The van der Waals surface area contributed by atoms with E-state index in [1.807, 2.05) is 0 Å². The summed E-state index contributed by atoms with van der Waals surface area (Å²) in [6.07, 6.45) is -0.652. The van der Waals surface area contributed by atoms with Crippen molar-refractivity contribution in [2.75, 3.05) is 39.2 Å². The summed E-state index contributed by atoms with van der Waals surface area (Å²) < 4.78 is 4.81. The number of ether oxygens (including phenoxy) is 1. The molecule has 0 bridgehead atoms. The Labute approximate surface area is 121 Å². The minimum absolute atomic E-state index is 0.0941. The number of nitrogens with one attached hydrogen (secondary N) is 1. The Balaban J connectivity index is 2.47. The Bertz CT molecular complexity index is 463. The number of thiophene rings is 1. The first-order valence-corrected chi connectivity index (χ1v) is 6.84. The van der Waals surface area contributed by atoms with E-state index in [0.29, 0.717) is 17.1 Å². The van der Waals surface area contributed by atoms with Crippen LogP contribution in [-0.4, -0.2) is 61.8 Å². The van der Waals surface area contributed by atoms with Crippen molar-refractivity contribution in [2.45, 2.75) is 6.10 Å². The summed E-state index contributed by atoms with van der Waals surface area (Å²) in [7, 11) is 3.21. The summed E-state index contributed by atoms with van der Waals surface area (Å²) in [5.74, 6) is -0.854. The second kappa shape index (κ2) is 7.95. The number of nitrogens with two attached hydrogens (primary N) is 1. The number of aliphatic hydroxyl groups is 1. The number of anilines is 1. The lowest BCUT2D eigenvalue weighted by Crippen LogP contribution is -2.37. The average Bonchev–Trinajstić information content (AvgIpc) is 2.76. The molecule has 4 N–H and O–H groups in total. The Morgan fingerprint density at radius 2 is 2.30 bits per heavy atom. The summed E-state index contributed by atoms with van der Waals surface area (Å²) in [4.78, 5) is 24.6. The van der Waals surface area contributed by atoms with E-state index in [1.165, 1.54) is 18.4 Å². The van der Waals surface area contributed by atoms with Gasteiger partial charge >= 0.3 is 0 Å². The fraction of sp³-hybridized carbons (Fsp3) is 0.500. The zero-order valence-electron chi connectivity index (χ0n) is 11.5. The Kier molecular flexibility index (Phi) is 6.59. The van der Waals surface area contributed by atoms with Crippen molar-refractivity contribution in [1.29, 1.82) is 0 Å². The van der Waals surface area contributed by atoms with E-state index in [2.05, 4.69) is 5.32 Å². The third kappa shape index (κ3) is 5.25. The first-order chi connectivity index (χ1) is 9.43. The largest absolute Gasteiger partial charge is 0.389 e. The molecule has 0 aromatic carbocycles. The summed E-state index contributed by atoms with van der Waals surface area (Å²) in [5, 5.41) is 14.3. The quantitative estimate of drug-likeness (QED) is 0.613. The van der Waals surface area contributed by atoms with Crippen LogP contribution in [0.25, 0.3) is 0 Å². The van der Waals surface area contributed by atoms with Crippen molar-refractivity contribution in [2.24, 2.45) is 5.73 Å². The normalized spacial score (nSPS) is 12.4. The van der Waals surface area contributed by atoms with Gasteiger partial charge in [-0.1, -0.05) is 0 Å². The molecule has 8 heteroatoms. The van der Waals surface area contributed by atoms with Gasteiger partial charge in [0.1, 0.15) is 5.00 Å². The molecule has 20 heavy (non-hydrogen) atoms. The van der Waals surface area contributed by atoms with Crippen LogP contribution in [-0.2, 0) is 9.53 Å². The van der Waals surface area contributed by atoms with Crippen LogP contribution in [0.4, 0.5) is 5.00 Å². The van der Waals surface area contributed by atoms with Gasteiger partial charge in [-0.25, -0.2) is 0 Å². The van der Waals surface area contributed by atoms with E-state index >= 15 is 0 Å². The fourth-order valence-corrected chi connectivity index (χ4v) is 2.49. The molecule has 0 fully saturated rings. The van der Waals surface area contributed by atoms with Crippen LogP contribution in [0, 0.1) is 0 Å². The average molecular weight is 301 g/mol. The summed E-state index contributed by atoms with van der Waals surface area (Å²) >= 11 is 1.23. The zero-order valence-corrected chi connectivity index (χ0v) is 12.3. The monoisotopic (exact) mass is 301 g/mol. The molecule has 0 saturated carbocycles. The number of rotatable bonds is 8. The predicted octanol–water partition coefficient (Wildman–Crippen LogP) is -0.275. The van der Waals surface area contributed by atoms with Gasteiger partial charge in [-0.3, -0.25) is 14.5 Å². The fourth-order valence-electron chi connectivity index (χ4n) is 1.68. The van der Waals surface area contributed by atoms with Crippen LogP contribution in [0.15, 0.2) is 11.4 Å². The van der Waals surface area contributed by atoms with Gasteiger partial charge in [0.25, 0.3) is 5.91 Å². The van der Waals surface area contributed by atoms with Gasteiger partial charge < -0.3 is 20.9 Å². The van der Waals surface area contributed by atoms with Crippen LogP contribution in [0.3, 0.4) is 0 Å². The first-order valence-electron chi connectivity index (χ1n) is 5.96. The van der Waals surface area contributed by atoms with Crippen LogP contribution < -0.4 is 11.1 Å². The number of primary amides is 1. The third-order valence-corrected chi connectivity index (χ3v) is 3.31. The van der Waals surface area contributed by atoms with Crippen LogP contribution in [0.5, 0.6) is 0 Å². The lowest BCUT2D eigenvalue weighted by molar-refractivity contribution is -0.117. The summed E-state index contributed by atoms with van der Waals surface area (Å²) in [6.45, 7) is 0.619. The molecule has 0 radical (unpaired) electrons. The van der Waals surface area contributed by atoms with Crippen LogP contribution in [0.1, 0.15) is 10.4 Å². The molecule has 1 unspecified atom stereocenters. The Morgan fingerprint density at radius 1 is 1.60 bits per heavy atom. The van der Waals surface area contributed by atoms with E-state index in [4.69, 9.17) is 10.5 Å². The van der Waals surface area contributed by atoms with Crippen molar-refractivity contribution >= 4 is 28.2 Å². The number of likely N-dealkylation sites (N-methyl/N-ethyl adjacent to an activating group) is 1. The molecule has 0 aliphatic carbocycles. The van der Waals surface area contributed by atoms with Gasteiger partial charge in [-0.15, -0.1) is 11.3 Å². The van der Waals surface area contributed by atoms with E-state index in [9.17, 15) is 14.7 Å². The molecular formula is C12H19N3O4S. The molecule has 1 rings (SSSR count). The molecule has 0 spiro atoms. The van der Waals surface area contributed by atoms with Crippen molar-refractivity contribution in [3.8, 4) is 0 Å².